The first kappa shape index (κ1) is 15.9. The van der Waals surface area contributed by atoms with E-state index in [0.29, 0.717) is 6.54 Å². The average molecular weight is 306 g/mol. The van der Waals surface area contributed by atoms with E-state index < -0.39 is 6.10 Å². The fourth-order valence-electron chi connectivity index (χ4n) is 1.93. The maximum Gasteiger partial charge on any atom is 0.122 e. The van der Waals surface area contributed by atoms with E-state index in [0.717, 1.165) is 22.0 Å². The topological polar surface area (TPSA) is 54.4 Å². The summed E-state index contributed by atoms with van der Waals surface area (Å²) in [4.78, 5) is 4.44. The predicted molar refractivity (Wildman–Crippen MR) is 85.9 cm³/mol. The summed E-state index contributed by atoms with van der Waals surface area (Å²) in [7, 11) is 0. The van der Waals surface area contributed by atoms with E-state index in [4.69, 9.17) is 4.74 Å². The van der Waals surface area contributed by atoms with Gasteiger partial charge in [0.05, 0.1) is 6.04 Å². The molecule has 2 N–H and O–H groups in total. The van der Waals surface area contributed by atoms with Gasteiger partial charge in [0.15, 0.2) is 0 Å². The Labute approximate surface area is 129 Å². The van der Waals surface area contributed by atoms with Crippen LogP contribution in [0.5, 0.6) is 5.75 Å². The van der Waals surface area contributed by atoms with Crippen molar-refractivity contribution in [3.8, 4) is 5.75 Å². The summed E-state index contributed by atoms with van der Waals surface area (Å²) in [5, 5.41) is 16.4. The molecule has 0 aliphatic heterocycles. The normalized spacial score (nSPS) is 13.9. The van der Waals surface area contributed by atoms with E-state index in [-0.39, 0.29) is 12.6 Å². The van der Waals surface area contributed by atoms with Gasteiger partial charge in [0.1, 0.15) is 23.5 Å². The van der Waals surface area contributed by atoms with Crippen LogP contribution in [0.1, 0.15) is 29.2 Å². The number of aliphatic hydroxyl groups is 1. The number of aliphatic hydroxyl groups excluding tert-OH is 1. The maximum atomic E-state index is 10.00. The highest BCUT2D eigenvalue weighted by molar-refractivity contribution is 7.09. The Morgan fingerprint density at radius 2 is 2.10 bits per heavy atom. The van der Waals surface area contributed by atoms with Crippen LogP contribution < -0.4 is 10.1 Å². The van der Waals surface area contributed by atoms with Gasteiger partial charge in [0.2, 0.25) is 0 Å². The first-order chi connectivity index (χ1) is 10.1. The lowest BCUT2D eigenvalue weighted by atomic mass is 10.2. The van der Waals surface area contributed by atoms with Crippen LogP contribution in [0.2, 0.25) is 0 Å². The van der Waals surface area contributed by atoms with Gasteiger partial charge in [-0.3, -0.25) is 0 Å². The summed E-state index contributed by atoms with van der Waals surface area (Å²) in [6.45, 7) is 6.78. The number of rotatable bonds is 7. The third kappa shape index (κ3) is 4.81. The van der Waals surface area contributed by atoms with Crippen LogP contribution in [0.3, 0.4) is 0 Å². The van der Waals surface area contributed by atoms with Crippen LogP contribution in [0.25, 0.3) is 0 Å². The number of aromatic nitrogens is 1. The van der Waals surface area contributed by atoms with Crippen molar-refractivity contribution < 1.29 is 9.84 Å². The fourth-order valence-corrected chi connectivity index (χ4v) is 2.76. The van der Waals surface area contributed by atoms with Crippen molar-refractivity contribution in [3.05, 3.63) is 45.9 Å². The number of thiazole rings is 1. The van der Waals surface area contributed by atoms with Gasteiger partial charge in [0.25, 0.3) is 0 Å². The van der Waals surface area contributed by atoms with Crippen LogP contribution in [-0.4, -0.2) is 29.3 Å². The molecule has 114 valence electrons. The largest absolute Gasteiger partial charge is 0.491 e. The highest BCUT2D eigenvalue weighted by Crippen LogP contribution is 2.18. The van der Waals surface area contributed by atoms with Gasteiger partial charge in [-0.15, -0.1) is 11.3 Å². The summed E-state index contributed by atoms with van der Waals surface area (Å²) in [6.07, 6.45) is -0.548. The molecule has 0 saturated heterocycles. The average Bonchev–Trinajstić information content (AvgIpc) is 2.90. The number of nitrogens with zero attached hydrogens (tertiary/aromatic N) is 1. The molecule has 0 amide bonds. The van der Waals surface area contributed by atoms with Crippen molar-refractivity contribution in [1.29, 1.82) is 0 Å². The van der Waals surface area contributed by atoms with Crippen LogP contribution in [0.15, 0.2) is 29.6 Å². The van der Waals surface area contributed by atoms with Crippen molar-refractivity contribution >= 4 is 11.3 Å². The van der Waals surface area contributed by atoms with Gasteiger partial charge in [-0.2, -0.15) is 0 Å². The lowest BCUT2D eigenvalue weighted by molar-refractivity contribution is 0.104. The molecule has 1 aromatic heterocycles. The molecule has 2 atom stereocenters. The molecule has 0 aliphatic carbocycles. The monoisotopic (exact) mass is 306 g/mol. The number of hydrogen-bond acceptors (Lipinski definition) is 5. The number of hydrogen-bond donors (Lipinski definition) is 2. The van der Waals surface area contributed by atoms with Gasteiger partial charge >= 0.3 is 0 Å². The molecule has 0 saturated carbocycles. The standard InChI is InChI=1S/C16H22N2O2S/c1-11-6-4-5-7-15(11)20-9-14(19)8-17-13(3)16-18-12(2)10-21-16/h4-7,10,13-14,17,19H,8-9H2,1-3H3. The fraction of sp³-hybridized carbons (Fsp3) is 0.438. The van der Waals surface area contributed by atoms with Gasteiger partial charge in [-0.1, -0.05) is 18.2 Å². The van der Waals surface area contributed by atoms with Gasteiger partial charge < -0.3 is 15.2 Å². The summed E-state index contributed by atoms with van der Waals surface area (Å²) < 4.78 is 5.64. The van der Waals surface area contributed by atoms with E-state index >= 15 is 0 Å². The third-order valence-electron chi connectivity index (χ3n) is 3.19. The molecule has 2 unspecified atom stereocenters. The number of aryl methyl sites for hydroxylation is 2. The van der Waals surface area contributed by atoms with E-state index in [1.165, 1.54) is 0 Å². The minimum Gasteiger partial charge on any atom is -0.491 e. The predicted octanol–water partition coefficient (Wildman–Crippen LogP) is 2.85. The molecule has 1 aromatic carbocycles. The Morgan fingerprint density at radius 1 is 1.33 bits per heavy atom. The van der Waals surface area contributed by atoms with Gasteiger partial charge in [-0.25, -0.2) is 4.98 Å². The Kier molecular flexibility index (Phi) is 5.73. The second kappa shape index (κ2) is 7.54. The Morgan fingerprint density at radius 3 is 2.76 bits per heavy atom. The van der Waals surface area contributed by atoms with E-state index in [9.17, 15) is 5.11 Å². The number of ether oxygens (including phenoxy) is 1. The third-order valence-corrected chi connectivity index (χ3v) is 4.34. The lowest BCUT2D eigenvalue weighted by Crippen LogP contribution is -2.33. The van der Waals surface area contributed by atoms with Crippen molar-refractivity contribution in [2.45, 2.75) is 32.9 Å². The number of nitrogens with one attached hydrogen (secondary N) is 1. The van der Waals surface area contributed by atoms with E-state index in [1.807, 2.05) is 50.4 Å². The van der Waals surface area contributed by atoms with Gasteiger partial charge in [0, 0.05) is 17.6 Å². The number of para-hydroxylation sites is 1. The first-order valence-electron chi connectivity index (χ1n) is 7.08. The molecule has 1 heterocycles. The van der Waals surface area contributed by atoms with Crippen LogP contribution in [-0.2, 0) is 0 Å². The number of benzene rings is 1. The van der Waals surface area contributed by atoms with Crippen molar-refractivity contribution in [2.24, 2.45) is 0 Å². The molecule has 2 rings (SSSR count). The Bertz CT molecular complexity index is 571. The van der Waals surface area contributed by atoms with E-state index in [1.54, 1.807) is 11.3 Å². The summed E-state index contributed by atoms with van der Waals surface area (Å²) in [6, 6.07) is 7.94. The smallest absolute Gasteiger partial charge is 0.122 e. The highest BCUT2D eigenvalue weighted by Gasteiger charge is 2.12. The zero-order valence-electron chi connectivity index (χ0n) is 12.7. The van der Waals surface area contributed by atoms with Crippen LogP contribution in [0, 0.1) is 13.8 Å². The van der Waals surface area contributed by atoms with Crippen molar-refractivity contribution in [2.75, 3.05) is 13.2 Å². The second-order valence-electron chi connectivity index (χ2n) is 5.19. The minimum atomic E-state index is -0.548. The highest BCUT2D eigenvalue weighted by atomic mass is 32.1. The van der Waals surface area contributed by atoms with Gasteiger partial charge in [-0.05, 0) is 32.4 Å². The minimum absolute atomic E-state index is 0.136. The SMILES string of the molecule is Cc1csc(C(C)NCC(O)COc2ccccc2C)n1. The quantitative estimate of drug-likeness (QED) is 0.826. The first-order valence-corrected chi connectivity index (χ1v) is 7.96. The van der Waals surface area contributed by atoms with Crippen molar-refractivity contribution in [3.63, 3.8) is 0 Å². The summed E-state index contributed by atoms with van der Waals surface area (Å²) in [5.41, 5.74) is 2.11. The van der Waals surface area contributed by atoms with Crippen LogP contribution in [0.4, 0.5) is 0 Å². The van der Waals surface area contributed by atoms with Crippen LogP contribution >= 0.6 is 11.3 Å². The van der Waals surface area contributed by atoms with Crippen molar-refractivity contribution in [1.82, 2.24) is 10.3 Å². The second-order valence-corrected chi connectivity index (χ2v) is 6.08. The zero-order valence-corrected chi connectivity index (χ0v) is 13.5. The molecule has 0 bridgehead atoms. The molecule has 4 nitrogen and oxygen atoms in total. The van der Waals surface area contributed by atoms with E-state index in [2.05, 4.69) is 10.3 Å². The molecule has 0 radical (unpaired) electrons. The molecule has 2 aromatic rings. The maximum absolute atomic E-state index is 10.00. The molecular formula is C16H22N2O2S. The molecule has 21 heavy (non-hydrogen) atoms. The zero-order chi connectivity index (χ0) is 15.2. The Hall–Kier alpha value is -1.43. The molecule has 0 spiro atoms. The summed E-state index contributed by atoms with van der Waals surface area (Å²) in [5.74, 6) is 0.820. The molecule has 0 aliphatic rings. The molecule has 5 heteroatoms. The molecular weight excluding hydrogens is 284 g/mol. The lowest BCUT2D eigenvalue weighted by Gasteiger charge is -2.17. The molecule has 0 fully saturated rings. The Balaban J connectivity index is 1.75. The summed E-state index contributed by atoms with van der Waals surface area (Å²) >= 11 is 1.63.